The van der Waals surface area contributed by atoms with Gasteiger partial charge in [-0.3, -0.25) is 9.59 Å². The molecule has 0 radical (unpaired) electrons. The third-order valence-electron chi connectivity index (χ3n) is 6.01. The van der Waals surface area contributed by atoms with Gasteiger partial charge in [0.1, 0.15) is 0 Å². The SMILES string of the molecule is CCCCN1C(=O)C2(CC(C)(C)C#N)SSC1(C)C(=O)N2Cc1ccc2c(c1)OCO2. The van der Waals surface area contributed by atoms with Gasteiger partial charge in [-0.05, 0) is 44.9 Å². The molecule has 31 heavy (non-hydrogen) atoms. The van der Waals surface area contributed by atoms with E-state index in [0.29, 0.717) is 18.0 Å². The summed E-state index contributed by atoms with van der Waals surface area (Å²) in [6.45, 7) is 8.54. The highest BCUT2D eigenvalue weighted by molar-refractivity contribution is 8.78. The Morgan fingerprint density at radius 3 is 2.61 bits per heavy atom. The van der Waals surface area contributed by atoms with Gasteiger partial charge in [0.05, 0.1) is 11.5 Å². The molecule has 1 aromatic rings. The van der Waals surface area contributed by atoms with E-state index in [4.69, 9.17) is 9.47 Å². The summed E-state index contributed by atoms with van der Waals surface area (Å²) in [4.78, 5) is 29.1. The number of benzene rings is 1. The van der Waals surface area contributed by atoms with Gasteiger partial charge >= 0.3 is 0 Å². The summed E-state index contributed by atoms with van der Waals surface area (Å²) < 4.78 is 10.9. The molecule has 4 aliphatic rings. The van der Waals surface area contributed by atoms with E-state index in [-0.39, 0.29) is 31.6 Å². The molecule has 3 fully saturated rings. The van der Waals surface area contributed by atoms with E-state index in [0.717, 1.165) is 18.4 Å². The zero-order chi connectivity index (χ0) is 22.4. The molecule has 0 N–H and O–H groups in total. The number of fused-ring (bicyclic) bond motifs is 4. The zero-order valence-corrected chi connectivity index (χ0v) is 19.9. The van der Waals surface area contributed by atoms with E-state index in [9.17, 15) is 14.9 Å². The Labute approximate surface area is 190 Å². The molecule has 0 spiro atoms. The second kappa shape index (κ2) is 7.82. The van der Waals surface area contributed by atoms with Crippen LogP contribution in [0.4, 0.5) is 0 Å². The maximum Gasteiger partial charge on any atom is 0.261 e. The van der Waals surface area contributed by atoms with Crippen molar-refractivity contribution in [2.45, 2.75) is 63.2 Å². The highest BCUT2D eigenvalue weighted by atomic mass is 33.1. The molecule has 2 unspecified atom stereocenters. The number of unbranched alkanes of at least 4 members (excludes halogenated alkanes) is 1. The van der Waals surface area contributed by atoms with Crippen molar-refractivity contribution in [1.29, 1.82) is 5.26 Å². The van der Waals surface area contributed by atoms with Gasteiger partial charge in [0, 0.05) is 19.5 Å². The summed E-state index contributed by atoms with van der Waals surface area (Å²) in [5.74, 6) is 1.16. The molecule has 4 heterocycles. The van der Waals surface area contributed by atoms with E-state index in [2.05, 4.69) is 13.0 Å². The zero-order valence-electron chi connectivity index (χ0n) is 18.3. The van der Waals surface area contributed by atoms with E-state index in [1.807, 2.05) is 39.0 Å². The summed E-state index contributed by atoms with van der Waals surface area (Å²) in [5, 5.41) is 9.71. The van der Waals surface area contributed by atoms with Crippen LogP contribution in [-0.2, 0) is 16.1 Å². The van der Waals surface area contributed by atoms with Crippen LogP contribution in [0.1, 0.15) is 52.5 Å². The Morgan fingerprint density at radius 1 is 1.16 bits per heavy atom. The van der Waals surface area contributed by atoms with Crippen molar-refractivity contribution >= 4 is 33.4 Å². The van der Waals surface area contributed by atoms with Crippen LogP contribution >= 0.6 is 21.6 Å². The molecule has 2 bridgehead atoms. The molecule has 5 rings (SSSR count). The lowest BCUT2D eigenvalue weighted by Crippen LogP contribution is -2.76. The highest BCUT2D eigenvalue weighted by Crippen LogP contribution is 2.62. The van der Waals surface area contributed by atoms with Crippen LogP contribution in [-0.4, -0.2) is 44.7 Å². The Morgan fingerprint density at radius 2 is 1.90 bits per heavy atom. The fourth-order valence-corrected chi connectivity index (χ4v) is 7.88. The number of nitriles is 1. The number of carbonyl (C=O) groups is 2. The third-order valence-corrected chi connectivity index (χ3v) is 9.68. The van der Waals surface area contributed by atoms with E-state index < -0.39 is 15.2 Å². The maximum atomic E-state index is 13.9. The van der Waals surface area contributed by atoms with Crippen molar-refractivity contribution in [2.75, 3.05) is 13.3 Å². The van der Waals surface area contributed by atoms with Crippen LogP contribution < -0.4 is 9.47 Å². The number of hydrogen-bond donors (Lipinski definition) is 0. The van der Waals surface area contributed by atoms with Gasteiger partial charge in [-0.2, -0.15) is 5.26 Å². The van der Waals surface area contributed by atoms with Gasteiger partial charge in [0.2, 0.25) is 6.79 Å². The number of hydrogen-bond acceptors (Lipinski definition) is 7. The predicted molar refractivity (Wildman–Crippen MR) is 120 cm³/mol. The molecule has 3 saturated heterocycles. The summed E-state index contributed by atoms with van der Waals surface area (Å²) in [5.41, 5.74) is 0.0967. The van der Waals surface area contributed by atoms with Crippen LogP contribution in [0.5, 0.6) is 11.5 Å². The molecule has 0 aliphatic carbocycles. The van der Waals surface area contributed by atoms with Crippen LogP contribution in [0.3, 0.4) is 0 Å². The largest absolute Gasteiger partial charge is 0.454 e. The van der Waals surface area contributed by atoms with Crippen LogP contribution in [0, 0.1) is 16.7 Å². The molecule has 166 valence electrons. The molecular weight excluding hydrogens is 434 g/mol. The van der Waals surface area contributed by atoms with Crippen LogP contribution in [0.15, 0.2) is 18.2 Å². The maximum absolute atomic E-state index is 13.9. The standard InChI is InChI=1S/C22H27N3O4S2/c1-5-6-9-24-19(27)22(12-20(2,3)13-23)25(18(26)21(24,4)30-31-22)11-15-7-8-16-17(10-15)29-14-28-16/h7-8,10H,5-6,9,11-12,14H2,1-4H3. The molecule has 7 nitrogen and oxygen atoms in total. The van der Waals surface area contributed by atoms with E-state index in [1.165, 1.54) is 21.6 Å². The molecule has 2 atom stereocenters. The van der Waals surface area contributed by atoms with Crippen LogP contribution in [0.2, 0.25) is 0 Å². The number of rotatable bonds is 7. The molecule has 0 saturated carbocycles. The molecule has 1 aromatic carbocycles. The van der Waals surface area contributed by atoms with E-state index in [1.54, 1.807) is 9.80 Å². The summed E-state index contributed by atoms with van der Waals surface area (Å²) in [6.07, 6.45) is 2.03. The first-order chi connectivity index (χ1) is 14.7. The number of nitrogens with zero attached hydrogens (tertiary/aromatic N) is 3. The second-order valence-corrected chi connectivity index (χ2v) is 11.8. The van der Waals surface area contributed by atoms with Gasteiger partial charge < -0.3 is 19.3 Å². The normalized spacial score (nSPS) is 27.1. The molecule has 0 aromatic heterocycles. The average Bonchev–Trinajstić information content (AvgIpc) is 3.20. The average molecular weight is 462 g/mol. The minimum Gasteiger partial charge on any atom is -0.454 e. The third kappa shape index (κ3) is 3.54. The smallest absolute Gasteiger partial charge is 0.261 e. The monoisotopic (exact) mass is 461 g/mol. The first-order valence-corrected chi connectivity index (χ1v) is 12.6. The van der Waals surface area contributed by atoms with Crippen molar-refractivity contribution in [1.82, 2.24) is 9.80 Å². The fraction of sp³-hybridized carbons (Fsp3) is 0.591. The number of amides is 2. The lowest BCUT2D eigenvalue weighted by molar-refractivity contribution is -0.168. The van der Waals surface area contributed by atoms with Gasteiger partial charge in [-0.15, -0.1) is 0 Å². The summed E-state index contributed by atoms with van der Waals surface area (Å²) in [7, 11) is 2.87. The Bertz CT molecular complexity index is 963. The van der Waals surface area contributed by atoms with Gasteiger partial charge in [-0.1, -0.05) is 41.0 Å². The molecular formula is C22H27N3O4S2. The molecule has 2 amide bonds. The summed E-state index contributed by atoms with van der Waals surface area (Å²) in [6, 6.07) is 7.90. The number of ether oxygens (including phenoxy) is 2. The van der Waals surface area contributed by atoms with Gasteiger partial charge in [-0.25, -0.2) is 0 Å². The van der Waals surface area contributed by atoms with Gasteiger partial charge in [0.25, 0.3) is 11.8 Å². The van der Waals surface area contributed by atoms with Crippen molar-refractivity contribution in [3.8, 4) is 17.6 Å². The quantitative estimate of drug-likeness (QED) is 0.565. The van der Waals surface area contributed by atoms with Gasteiger partial charge in [0.15, 0.2) is 21.2 Å². The lowest BCUT2D eigenvalue weighted by atomic mass is 9.84. The number of carbonyl (C=O) groups excluding carboxylic acids is 2. The summed E-state index contributed by atoms with van der Waals surface area (Å²) >= 11 is 0. The topological polar surface area (TPSA) is 82.9 Å². The Kier molecular flexibility index (Phi) is 5.59. The Balaban J connectivity index is 1.74. The van der Waals surface area contributed by atoms with E-state index >= 15 is 0 Å². The van der Waals surface area contributed by atoms with Crippen molar-refractivity contribution in [3.63, 3.8) is 0 Å². The first kappa shape index (κ1) is 22.2. The molecule has 9 heteroatoms. The fourth-order valence-electron chi connectivity index (χ4n) is 4.25. The minimum atomic E-state index is -1.12. The van der Waals surface area contributed by atoms with Crippen molar-refractivity contribution < 1.29 is 19.1 Å². The lowest BCUT2D eigenvalue weighted by Gasteiger charge is -2.60. The van der Waals surface area contributed by atoms with Crippen molar-refractivity contribution in [3.05, 3.63) is 23.8 Å². The second-order valence-electron chi connectivity index (χ2n) is 9.00. The highest BCUT2D eigenvalue weighted by Gasteiger charge is 2.68. The van der Waals surface area contributed by atoms with Crippen LogP contribution in [0.25, 0.3) is 0 Å². The predicted octanol–water partition coefficient (Wildman–Crippen LogP) is 4.13. The van der Waals surface area contributed by atoms with Crippen molar-refractivity contribution in [2.24, 2.45) is 5.41 Å². The first-order valence-electron chi connectivity index (χ1n) is 10.5. The molecule has 4 aliphatic heterocycles. The minimum absolute atomic E-state index is 0.0733. The number of piperazine rings is 1. The Hall–Kier alpha value is -2.05.